The fraction of sp³-hybridized carbons (Fsp3) is 0.875. The van der Waals surface area contributed by atoms with Crippen molar-refractivity contribution in [3.05, 3.63) is 0 Å². The second-order valence-corrected chi connectivity index (χ2v) is 11.8. The molecule has 0 spiro atoms. The van der Waals surface area contributed by atoms with E-state index in [9.17, 15) is 4.79 Å². The van der Waals surface area contributed by atoms with Crippen molar-refractivity contribution in [2.24, 2.45) is 4.66 Å². The van der Waals surface area contributed by atoms with Crippen molar-refractivity contribution in [3.8, 4) is 0 Å². The standard InChI is InChI=1S/C8H17NO2S2Si/c1-3-7-14(12,9-8-10)13-6-4-5-11-2/h12H,3-7H2,1-2H3. The Morgan fingerprint density at radius 1 is 1.64 bits per heavy atom. The summed E-state index contributed by atoms with van der Waals surface area (Å²) in [5, 5.41) is 0. The summed E-state index contributed by atoms with van der Waals surface area (Å²) in [4.78, 5) is 10.2. The van der Waals surface area contributed by atoms with Gasteiger partial charge in [0.2, 0.25) is 6.08 Å². The van der Waals surface area contributed by atoms with Crippen LogP contribution in [0.4, 0.5) is 0 Å². The predicted octanol–water partition coefficient (Wildman–Crippen LogP) is 2.37. The van der Waals surface area contributed by atoms with Gasteiger partial charge in [-0.1, -0.05) is 13.3 Å². The summed E-state index contributed by atoms with van der Waals surface area (Å²) in [7, 11) is 1.69. The van der Waals surface area contributed by atoms with E-state index in [2.05, 4.69) is 23.7 Å². The van der Waals surface area contributed by atoms with Gasteiger partial charge in [-0.05, 0) is 18.2 Å². The lowest BCUT2D eigenvalue weighted by molar-refractivity contribution is 0.200. The number of ether oxygens (including phenoxy) is 1. The SMILES string of the molecule is CCC[Si](S)(N=C=O)SCCCOC. The van der Waals surface area contributed by atoms with Crippen LogP contribution in [0.15, 0.2) is 4.66 Å². The normalized spacial score (nSPS) is 14.5. The summed E-state index contributed by atoms with van der Waals surface area (Å²) >= 11 is 6.22. The molecule has 82 valence electrons. The van der Waals surface area contributed by atoms with Crippen molar-refractivity contribution in [2.75, 3.05) is 19.5 Å². The van der Waals surface area contributed by atoms with E-state index >= 15 is 0 Å². The van der Waals surface area contributed by atoms with Crippen molar-refractivity contribution in [1.29, 1.82) is 0 Å². The van der Waals surface area contributed by atoms with Crippen molar-refractivity contribution in [1.82, 2.24) is 0 Å². The molecule has 0 aliphatic carbocycles. The first kappa shape index (κ1) is 14.3. The largest absolute Gasteiger partial charge is 0.385 e. The summed E-state index contributed by atoms with van der Waals surface area (Å²) in [6.07, 6.45) is 3.64. The number of nitrogens with zero attached hydrogens (tertiary/aromatic N) is 1. The fourth-order valence-corrected chi connectivity index (χ4v) is 7.08. The molecule has 0 heterocycles. The van der Waals surface area contributed by atoms with E-state index in [0.29, 0.717) is 0 Å². The van der Waals surface area contributed by atoms with Gasteiger partial charge in [0.15, 0.2) is 0 Å². The number of isocyanates is 1. The number of rotatable bonds is 8. The molecule has 0 aromatic rings. The lowest BCUT2D eigenvalue weighted by atomic mass is 10.5. The molecule has 0 aromatic heterocycles. The molecule has 1 unspecified atom stereocenters. The molecule has 0 radical (unpaired) electrons. The molecular formula is C8H17NO2S2Si. The highest BCUT2D eigenvalue weighted by atomic mass is 32.6. The van der Waals surface area contributed by atoms with Crippen LogP contribution >= 0.6 is 23.3 Å². The van der Waals surface area contributed by atoms with Crippen LogP contribution in [-0.4, -0.2) is 32.1 Å². The first-order chi connectivity index (χ1) is 6.68. The van der Waals surface area contributed by atoms with Gasteiger partial charge in [-0.15, -0.1) is 11.2 Å². The molecule has 0 saturated heterocycles. The molecule has 0 rings (SSSR count). The summed E-state index contributed by atoms with van der Waals surface area (Å²) in [5.41, 5.74) is 0. The Morgan fingerprint density at radius 2 is 2.36 bits per heavy atom. The lowest BCUT2D eigenvalue weighted by Gasteiger charge is -2.17. The molecule has 0 amide bonds. The van der Waals surface area contributed by atoms with Gasteiger partial charge in [-0.2, -0.15) is 12.1 Å². The monoisotopic (exact) mass is 251 g/mol. The van der Waals surface area contributed by atoms with Crippen LogP contribution in [0.2, 0.25) is 6.04 Å². The van der Waals surface area contributed by atoms with Gasteiger partial charge in [0, 0.05) is 13.7 Å². The van der Waals surface area contributed by atoms with E-state index < -0.39 is 6.53 Å². The number of hydrogen-bond acceptors (Lipinski definition) is 5. The van der Waals surface area contributed by atoms with E-state index in [1.807, 2.05) is 0 Å². The molecule has 0 aromatic carbocycles. The third kappa shape index (κ3) is 6.67. The number of methoxy groups -OCH3 is 1. The molecule has 0 N–H and O–H groups in total. The van der Waals surface area contributed by atoms with Gasteiger partial charge in [-0.3, -0.25) is 0 Å². The van der Waals surface area contributed by atoms with Crippen LogP contribution in [0.5, 0.6) is 0 Å². The zero-order valence-electron chi connectivity index (χ0n) is 8.65. The highest BCUT2D eigenvalue weighted by Crippen LogP contribution is 2.31. The Morgan fingerprint density at radius 3 is 2.86 bits per heavy atom. The average molecular weight is 251 g/mol. The maximum Gasteiger partial charge on any atom is 0.313 e. The van der Waals surface area contributed by atoms with Crippen LogP contribution < -0.4 is 0 Å². The molecule has 0 saturated carbocycles. The zero-order valence-corrected chi connectivity index (χ0v) is 11.4. The van der Waals surface area contributed by atoms with Crippen molar-refractivity contribution in [3.63, 3.8) is 0 Å². The minimum atomic E-state index is -2.04. The molecular weight excluding hydrogens is 234 g/mol. The van der Waals surface area contributed by atoms with Crippen LogP contribution in [-0.2, 0) is 9.53 Å². The number of thiol groups is 1. The molecule has 0 fully saturated rings. The first-order valence-corrected chi connectivity index (χ1v) is 9.78. The fourth-order valence-electron chi connectivity index (χ4n) is 0.996. The van der Waals surface area contributed by atoms with E-state index in [0.717, 1.165) is 31.2 Å². The lowest BCUT2D eigenvalue weighted by Crippen LogP contribution is -2.20. The van der Waals surface area contributed by atoms with Crippen molar-refractivity contribution >= 4 is 35.9 Å². The maximum atomic E-state index is 10.2. The topological polar surface area (TPSA) is 38.7 Å². The van der Waals surface area contributed by atoms with Crippen LogP contribution in [0.1, 0.15) is 19.8 Å². The Bertz CT molecular complexity index is 200. The maximum absolute atomic E-state index is 10.2. The van der Waals surface area contributed by atoms with Crippen molar-refractivity contribution in [2.45, 2.75) is 25.8 Å². The second-order valence-electron chi connectivity index (χ2n) is 2.89. The molecule has 0 aliphatic heterocycles. The third-order valence-electron chi connectivity index (χ3n) is 1.62. The smallest absolute Gasteiger partial charge is 0.313 e. The Labute approximate surface area is 95.5 Å². The van der Waals surface area contributed by atoms with Gasteiger partial charge in [0.05, 0.1) is 0 Å². The van der Waals surface area contributed by atoms with E-state index in [1.165, 1.54) is 0 Å². The zero-order chi connectivity index (χ0) is 10.9. The highest BCUT2D eigenvalue weighted by molar-refractivity contribution is 8.52. The molecule has 3 nitrogen and oxygen atoms in total. The van der Waals surface area contributed by atoms with E-state index in [4.69, 9.17) is 4.74 Å². The van der Waals surface area contributed by atoms with Crippen LogP contribution in [0.3, 0.4) is 0 Å². The third-order valence-corrected chi connectivity index (χ3v) is 9.19. The quantitative estimate of drug-likeness (QED) is 0.237. The van der Waals surface area contributed by atoms with Gasteiger partial charge in [0.25, 0.3) is 0 Å². The van der Waals surface area contributed by atoms with Gasteiger partial charge < -0.3 is 4.74 Å². The molecule has 14 heavy (non-hydrogen) atoms. The molecule has 0 bridgehead atoms. The van der Waals surface area contributed by atoms with Gasteiger partial charge >= 0.3 is 6.53 Å². The van der Waals surface area contributed by atoms with E-state index in [-0.39, 0.29) is 0 Å². The van der Waals surface area contributed by atoms with E-state index in [1.54, 1.807) is 24.4 Å². The van der Waals surface area contributed by atoms with Gasteiger partial charge in [0.1, 0.15) is 0 Å². The van der Waals surface area contributed by atoms with Crippen LogP contribution in [0.25, 0.3) is 0 Å². The highest BCUT2D eigenvalue weighted by Gasteiger charge is 2.28. The second kappa shape index (κ2) is 8.56. The number of carbonyl (C=O) groups excluding carboxylic acids is 1. The minimum Gasteiger partial charge on any atom is -0.385 e. The number of hydrogen-bond donors (Lipinski definition) is 1. The Hall–Kier alpha value is 0.257. The summed E-state index contributed by atoms with van der Waals surface area (Å²) in [6, 6.07) is 0.920. The summed E-state index contributed by atoms with van der Waals surface area (Å²) in [6.45, 7) is 0.787. The Balaban J connectivity index is 3.89. The van der Waals surface area contributed by atoms with Gasteiger partial charge in [-0.25, -0.2) is 9.45 Å². The average Bonchev–Trinajstić information content (AvgIpc) is 2.13. The summed E-state index contributed by atoms with van der Waals surface area (Å²) < 4.78 is 8.81. The minimum absolute atomic E-state index is 0.752. The molecule has 6 heteroatoms. The predicted molar refractivity (Wildman–Crippen MR) is 66.9 cm³/mol. The molecule has 1 atom stereocenters. The van der Waals surface area contributed by atoms with Crippen LogP contribution in [0, 0.1) is 0 Å². The Kier molecular flexibility index (Phi) is 8.71. The summed E-state index contributed by atoms with van der Waals surface area (Å²) in [5.74, 6) is 0.953. The molecule has 0 aliphatic rings. The first-order valence-electron chi connectivity index (χ1n) is 4.63. The van der Waals surface area contributed by atoms with Crippen molar-refractivity contribution < 1.29 is 9.53 Å².